The molecule has 0 radical (unpaired) electrons. The van der Waals surface area contributed by atoms with Gasteiger partial charge in [-0.25, -0.2) is 38.9 Å². The number of carbonyl (C=O) groups is 2. The number of aliphatic hydroxyl groups is 4. The predicted octanol–water partition coefficient (Wildman–Crippen LogP) is -12.8. The number of ether oxygens (including phenoxy) is 11. The standard InChI is InChI=1S/C32H54N2O53S9/c1-70-14-6(3-72-90(49,50)51)76-29(9(17(14)71-2)33-88(43,44)45)80-19-11(35)12(36)31(82-23(19)26(38)39)78-15-8(5-74-92(55,56)57)77-30(10(34-89(46,47)48)18(15)84-93(58,59)60)81-20-13(37)21(85-94(61,62)63)32(83-24(20)27(40)41)79-16-7(4-73-91(52,53)54)75-28(42)25(87-96(67,68)69)22(16)86-95(64,65)66/h6-25,28-37,42H,3-5H2,1-2H3,(H,38,39)(H,40,41)(H,43,44,45)(H,46,47,48)(H,49,50,51)(H,52,53,54)(H,55,56,57)(H,58,59,60)(H,61,62,63)(H,64,65,66)(H,67,68,69)/t6-,7-,8-,9-,10-,11-,12-,13+,14-,15-,16-,17-,18-,19+,20+,21-,22+,23+,24-,25-,28+,29-,30-,31-,32-/m1/s1. The highest BCUT2D eigenvalue weighted by molar-refractivity contribution is 7.84. The van der Waals surface area contributed by atoms with Gasteiger partial charge in [0.2, 0.25) is 0 Å². The van der Waals surface area contributed by atoms with Gasteiger partial charge in [-0.3, -0.25) is 41.0 Å². The topological polar surface area (TPSA) is 835 Å². The quantitative estimate of drug-likeness (QED) is 0.0271. The molecular formula is C32H54N2O53S9. The van der Waals surface area contributed by atoms with E-state index < -0.39 is 279 Å². The number of hydrogen-bond donors (Lipinski definition) is 17. The normalized spacial score (nSPS) is 37.4. The summed E-state index contributed by atoms with van der Waals surface area (Å²) in [5.41, 5.74) is 0. The molecule has 0 aromatic heterocycles. The van der Waals surface area contributed by atoms with E-state index in [0.717, 1.165) is 18.9 Å². The summed E-state index contributed by atoms with van der Waals surface area (Å²) in [4.78, 5) is 26.0. The van der Waals surface area contributed by atoms with Crippen molar-refractivity contribution in [3.8, 4) is 0 Å². The number of hydrogen-bond acceptors (Lipinski definition) is 42. The molecule has 17 N–H and O–H groups in total. The lowest BCUT2D eigenvalue weighted by atomic mass is 9.94. The van der Waals surface area contributed by atoms with Crippen LogP contribution in [0.4, 0.5) is 0 Å². The van der Waals surface area contributed by atoms with Crippen molar-refractivity contribution in [3.63, 3.8) is 0 Å². The number of carboxylic acid groups (broad SMARTS) is 2. The molecule has 64 heteroatoms. The molecule has 0 aliphatic carbocycles. The van der Waals surface area contributed by atoms with E-state index >= 15 is 0 Å². The predicted molar refractivity (Wildman–Crippen MR) is 275 cm³/mol. The van der Waals surface area contributed by atoms with Crippen molar-refractivity contribution < 1.29 is 238 Å². The fourth-order valence-corrected chi connectivity index (χ4v) is 13.6. The number of nitrogens with one attached hydrogen (secondary N) is 2. The van der Waals surface area contributed by atoms with E-state index in [1.54, 1.807) is 0 Å². The van der Waals surface area contributed by atoms with Gasteiger partial charge in [0.1, 0.15) is 97.5 Å². The van der Waals surface area contributed by atoms with E-state index in [1.807, 2.05) is 0 Å². The Morgan fingerprint density at radius 1 is 0.344 bits per heavy atom. The van der Waals surface area contributed by atoms with Crippen molar-refractivity contribution in [1.29, 1.82) is 0 Å². The molecule has 0 unspecified atom stereocenters. The first-order chi connectivity index (χ1) is 43.4. The van der Waals surface area contributed by atoms with Gasteiger partial charge in [0.15, 0.2) is 55.9 Å². The summed E-state index contributed by atoms with van der Waals surface area (Å²) in [6.07, 6.45) is -68.2. The zero-order valence-electron chi connectivity index (χ0n) is 46.5. The summed E-state index contributed by atoms with van der Waals surface area (Å²) in [7, 11) is -52.0. The van der Waals surface area contributed by atoms with E-state index in [2.05, 4.69) is 29.3 Å². The molecule has 0 aromatic rings. The Bertz CT molecular complexity index is 3780. The third-order valence-corrected chi connectivity index (χ3v) is 17.1. The molecule has 0 bridgehead atoms. The third-order valence-electron chi connectivity index (χ3n) is 12.8. The summed E-state index contributed by atoms with van der Waals surface area (Å²) in [5, 5.41) is 66.3. The second-order valence-corrected chi connectivity index (χ2v) is 29.1. The Kier molecular flexibility index (Phi) is 27.8. The van der Waals surface area contributed by atoms with Crippen molar-refractivity contribution in [2.75, 3.05) is 34.0 Å². The molecule has 5 rings (SSSR count). The van der Waals surface area contributed by atoms with Gasteiger partial charge in [-0.05, 0) is 0 Å². The summed E-state index contributed by atoms with van der Waals surface area (Å²) in [6.45, 7) is -5.21. The number of carboxylic acids is 2. The van der Waals surface area contributed by atoms with Crippen LogP contribution in [0.25, 0.3) is 0 Å². The van der Waals surface area contributed by atoms with Crippen LogP contribution in [0.3, 0.4) is 0 Å². The van der Waals surface area contributed by atoms with Gasteiger partial charge in [0, 0.05) is 14.2 Å². The minimum atomic E-state index is -6.41. The molecule has 0 aromatic carbocycles. The molecule has 25 atom stereocenters. The number of methoxy groups -OCH3 is 2. The zero-order chi connectivity index (χ0) is 73.4. The van der Waals surface area contributed by atoms with Crippen molar-refractivity contribution >= 4 is 105 Å². The number of aliphatic hydroxyl groups excluding tert-OH is 4. The first kappa shape index (κ1) is 83.8. The minimum absolute atomic E-state index is 0.817. The SMILES string of the molecule is CO[C@@H]1[C@@H](NS(=O)(=O)O)[C@@H](O[C@H]2[C@H](O)[C@@H](O)[C@H](O[C@H]3[C@H](OS(=O)(=O)O)[C@@H](NS(=O)(=O)O)[C@@H](O[C@H]4[C@H](O)[C@@H](OS(=O)(=O)O)[C@H](O[C@H]5[C@H](OS(=O)(=O)O)[C@@H](OS(=O)(=O)O)[C@@H](O)O[C@@H]5COS(=O)(=O)O)O[C@H]4C(=O)O)O[C@@H]3COS(=O)(=O)O)O[C@@H]2C(=O)O)O[C@H](COS(=O)(=O)O)[C@H]1OC. The lowest BCUT2D eigenvalue weighted by Crippen LogP contribution is -2.71. The van der Waals surface area contributed by atoms with E-state index in [-0.39, 0.29) is 0 Å². The molecule has 0 saturated carbocycles. The lowest BCUT2D eigenvalue weighted by molar-refractivity contribution is -0.374. The van der Waals surface area contributed by atoms with E-state index in [4.69, 9.17) is 52.1 Å². The molecule has 96 heavy (non-hydrogen) atoms. The first-order valence-corrected chi connectivity index (χ1v) is 36.9. The van der Waals surface area contributed by atoms with E-state index in [9.17, 15) is 157 Å². The second-order valence-electron chi connectivity index (χ2n) is 19.3. The summed E-state index contributed by atoms with van der Waals surface area (Å²) >= 11 is 0. The number of rotatable bonds is 33. The van der Waals surface area contributed by atoms with Crippen LogP contribution in [0.15, 0.2) is 0 Å². The van der Waals surface area contributed by atoms with Gasteiger partial charge >= 0.3 is 105 Å². The highest BCUT2D eigenvalue weighted by Gasteiger charge is 2.62. The van der Waals surface area contributed by atoms with Crippen LogP contribution in [0.1, 0.15) is 0 Å². The smallest absolute Gasteiger partial charge is 0.397 e. The maximum absolute atomic E-state index is 13.1. The van der Waals surface area contributed by atoms with Crippen molar-refractivity contribution in [2.24, 2.45) is 0 Å². The summed E-state index contributed by atoms with van der Waals surface area (Å²) < 4.78 is 395. The summed E-state index contributed by atoms with van der Waals surface area (Å²) in [6, 6.07) is -5.55. The molecule has 5 saturated heterocycles. The van der Waals surface area contributed by atoms with E-state index in [0.29, 0.717) is 0 Å². The molecule has 5 aliphatic heterocycles. The minimum Gasteiger partial charge on any atom is -0.479 e. The molecule has 55 nitrogen and oxygen atoms in total. The molecular weight excluding hydrogens is 1550 g/mol. The average Bonchev–Trinajstić information content (AvgIpc) is 0.758. The van der Waals surface area contributed by atoms with Gasteiger partial charge in [-0.1, -0.05) is 0 Å². The van der Waals surface area contributed by atoms with Crippen LogP contribution < -0.4 is 9.44 Å². The maximum Gasteiger partial charge on any atom is 0.397 e. The fourth-order valence-electron chi connectivity index (χ4n) is 9.48. The van der Waals surface area contributed by atoms with Gasteiger partial charge < -0.3 is 82.7 Å². The largest absolute Gasteiger partial charge is 0.479 e. The van der Waals surface area contributed by atoms with Crippen LogP contribution in [-0.4, -0.2) is 347 Å². The Balaban J connectivity index is 1.64. The van der Waals surface area contributed by atoms with Crippen LogP contribution in [0.2, 0.25) is 0 Å². The van der Waals surface area contributed by atoms with Crippen molar-refractivity contribution in [1.82, 2.24) is 9.44 Å². The first-order valence-electron chi connectivity index (χ1n) is 24.5. The average molecular weight is 1600 g/mol. The molecule has 5 fully saturated rings. The van der Waals surface area contributed by atoms with E-state index in [1.165, 1.54) is 4.72 Å². The lowest BCUT2D eigenvalue weighted by Gasteiger charge is -2.50. The van der Waals surface area contributed by atoms with Crippen LogP contribution in [0, 0.1) is 0 Å². The van der Waals surface area contributed by atoms with Crippen LogP contribution >= 0.6 is 0 Å². The molecule has 0 spiro atoms. The Labute approximate surface area is 538 Å². The molecule has 5 aliphatic rings. The molecule has 5 heterocycles. The van der Waals surface area contributed by atoms with Crippen LogP contribution in [-0.2, 0) is 184 Å². The molecule has 564 valence electrons. The van der Waals surface area contributed by atoms with Gasteiger partial charge in [0.05, 0.1) is 19.8 Å². The van der Waals surface area contributed by atoms with Crippen molar-refractivity contribution in [3.05, 3.63) is 0 Å². The Hall–Kier alpha value is -2.83. The summed E-state index contributed by atoms with van der Waals surface area (Å²) in [5.74, 6) is -5.01. The second kappa shape index (κ2) is 31.8. The third kappa shape index (κ3) is 24.7. The highest BCUT2D eigenvalue weighted by Crippen LogP contribution is 2.40. The highest BCUT2D eigenvalue weighted by atomic mass is 32.3. The molecule has 0 amide bonds. The van der Waals surface area contributed by atoms with Crippen molar-refractivity contribution in [2.45, 2.75) is 153 Å². The Morgan fingerprint density at radius 3 is 1.05 bits per heavy atom. The monoisotopic (exact) mass is 1600 g/mol. The Morgan fingerprint density at radius 2 is 0.667 bits per heavy atom. The van der Waals surface area contributed by atoms with Gasteiger partial charge in [0.25, 0.3) is 0 Å². The van der Waals surface area contributed by atoms with Gasteiger partial charge in [-0.2, -0.15) is 85.2 Å². The van der Waals surface area contributed by atoms with Gasteiger partial charge in [-0.15, -0.1) is 0 Å². The van der Waals surface area contributed by atoms with Crippen LogP contribution in [0.5, 0.6) is 0 Å². The zero-order valence-corrected chi connectivity index (χ0v) is 53.8. The maximum atomic E-state index is 13.1. The fraction of sp³-hybridized carbons (Fsp3) is 0.938. The number of aliphatic carboxylic acids is 2.